The molecular formula is C21H17N2OP. The standard InChI is InChI=1S/C21H17N2OP/c1-16(24)23-20-15-9-8-14-19(20)22-21(23)25(17-10-4-2-5-11-17)18-12-6-3-7-13-18/h2-15H,1H3. The Balaban J connectivity index is 2.02. The van der Waals surface area contributed by atoms with E-state index in [2.05, 4.69) is 24.3 Å². The molecule has 25 heavy (non-hydrogen) atoms. The van der Waals surface area contributed by atoms with Crippen LogP contribution in [0.4, 0.5) is 0 Å². The molecule has 0 N–H and O–H groups in total. The number of aromatic nitrogens is 2. The Morgan fingerprint density at radius 2 is 1.32 bits per heavy atom. The first kappa shape index (κ1) is 15.7. The van der Waals surface area contributed by atoms with Crippen molar-refractivity contribution in [3.63, 3.8) is 0 Å². The lowest BCUT2D eigenvalue weighted by Gasteiger charge is -2.18. The van der Waals surface area contributed by atoms with Crippen molar-refractivity contribution in [3.05, 3.63) is 84.9 Å². The molecule has 1 aromatic heterocycles. The second-order valence-corrected chi connectivity index (χ2v) is 7.87. The molecule has 0 amide bonds. The van der Waals surface area contributed by atoms with Gasteiger partial charge in [-0.15, -0.1) is 0 Å². The number of para-hydroxylation sites is 2. The molecule has 0 bridgehead atoms. The SMILES string of the molecule is CC(=O)n1c(P(c2ccccc2)c2ccccc2)nc2ccccc21. The quantitative estimate of drug-likeness (QED) is 0.534. The summed E-state index contributed by atoms with van der Waals surface area (Å²) in [6, 6.07) is 28.4. The highest BCUT2D eigenvalue weighted by atomic mass is 31.1. The summed E-state index contributed by atoms with van der Waals surface area (Å²) in [6.45, 7) is 1.60. The zero-order valence-electron chi connectivity index (χ0n) is 13.8. The summed E-state index contributed by atoms with van der Waals surface area (Å²) in [5.74, 6) is -0.0111. The first-order chi connectivity index (χ1) is 12.3. The van der Waals surface area contributed by atoms with E-state index in [4.69, 9.17) is 4.98 Å². The Labute approximate surface area is 147 Å². The lowest BCUT2D eigenvalue weighted by Crippen LogP contribution is -2.30. The van der Waals surface area contributed by atoms with Gasteiger partial charge in [-0.25, -0.2) is 4.98 Å². The van der Waals surface area contributed by atoms with Gasteiger partial charge in [-0.05, 0) is 22.7 Å². The van der Waals surface area contributed by atoms with Crippen LogP contribution in [-0.4, -0.2) is 15.5 Å². The van der Waals surface area contributed by atoms with Crippen molar-refractivity contribution in [2.24, 2.45) is 0 Å². The number of fused-ring (bicyclic) bond motifs is 1. The third kappa shape index (κ3) is 2.88. The van der Waals surface area contributed by atoms with Crippen molar-refractivity contribution in [3.8, 4) is 0 Å². The fourth-order valence-electron chi connectivity index (χ4n) is 3.01. The van der Waals surface area contributed by atoms with Crippen molar-refractivity contribution in [1.29, 1.82) is 0 Å². The van der Waals surface area contributed by atoms with E-state index in [9.17, 15) is 4.79 Å². The second kappa shape index (κ2) is 6.62. The Morgan fingerprint density at radius 1 is 0.800 bits per heavy atom. The predicted octanol–water partition coefficient (Wildman–Crippen LogP) is 3.45. The molecule has 0 atom stereocenters. The Kier molecular flexibility index (Phi) is 4.17. The second-order valence-electron chi connectivity index (χ2n) is 5.76. The average molecular weight is 344 g/mol. The lowest BCUT2D eigenvalue weighted by atomic mass is 10.3. The average Bonchev–Trinajstić information content (AvgIpc) is 3.03. The lowest BCUT2D eigenvalue weighted by molar-refractivity contribution is 0.0944. The van der Waals surface area contributed by atoms with Crippen LogP contribution in [0.2, 0.25) is 0 Å². The summed E-state index contributed by atoms with van der Waals surface area (Å²) < 4.78 is 1.76. The Morgan fingerprint density at radius 3 is 1.88 bits per heavy atom. The summed E-state index contributed by atoms with van der Waals surface area (Å²) >= 11 is 0. The fourth-order valence-corrected chi connectivity index (χ4v) is 5.36. The highest BCUT2D eigenvalue weighted by Crippen LogP contribution is 2.33. The van der Waals surface area contributed by atoms with Crippen molar-refractivity contribution >= 4 is 41.0 Å². The summed E-state index contributed by atoms with van der Waals surface area (Å²) in [5.41, 5.74) is 2.54. The Hall–Kier alpha value is -2.77. The van der Waals surface area contributed by atoms with E-state index in [1.165, 1.54) is 10.6 Å². The van der Waals surface area contributed by atoms with Crippen LogP contribution < -0.4 is 16.2 Å². The zero-order chi connectivity index (χ0) is 17.2. The number of benzene rings is 3. The van der Waals surface area contributed by atoms with Gasteiger partial charge in [0, 0.05) is 14.8 Å². The molecule has 0 saturated carbocycles. The highest BCUT2D eigenvalue weighted by Gasteiger charge is 2.25. The van der Waals surface area contributed by atoms with Gasteiger partial charge in [0.1, 0.15) is 5.57 Å². The number of imidazole rings is 1. The van der Waals surface area contributed by atoms with Crippen molar-refractivity contribution < 1.29 is 4.79 Å². The third-order valence-electron chi connectivity index (χ3n) is 4.09. The molecular weight excluding hydrogens is 327 g/mol. The Bertz CT molecular complexity index is 986. The molecule has 0 spiro atoms. The van der Waals surface area contributed by atoms with Gasteiger partial charge in [-0.2, -0.15) is 0 Å². The van der Waals surface area contributed by atoms with E-state index in [-0.39, 0.29) is 5.91 Å². The maximum absolute atomic E-state index is 12.4. The van der Waals surface area contributed by atoms with Crippen LogP contribution in [0, 0.1) is 0 Å². The van der Waals surface area contributed by atoms with Gasteiger partial charge in [0.25, 0.3) is 0 Å². The zero-order valence-corrected chi connectivity index (χ0v) is 14.7. The van der Waals surface area contributed by atoms with Gasteiger partial charge in [0.15, 0.2) is 0 Å². The third-order valence-corrected chi connectivity index (χ3v) is 6.42. The minimum Gasteiger partial charge on any atom is -0.274 e. The van der Waals surface area contributed by atoms with Crippen molar-refractivity contribution in [2.75, 3.05) is 0 Å². The molecule has 3 nitrogen and oxygen atoms in total. The van der Waals surface area contributed by atoms with Crippen molar-refractivity contribution in [1.82, 2.24) is 9.55 Å². The maximum atomic E-state index is 12.4. The molecule has 4 rings (SSSR count). The largest absolute Gasteiger partial charge is 0.274 e. The van der Waals surface area contributed by atoms with Crippen molar-refractivity contribution in [2.45, 2.75) is 6.92 Å². The molecule has 0 unspecified atom stereocenters. The summed E-state index contributed by atoms with van der Waals surface area (Å²) in [4.78, 5) is 17.3. The van der Waals surface area contributed by atoms with E-state index >= 15 is 0 Å². The normalized spacial score (nSPS) is 11.1. The molecule has 0 fully saturated rings. The first-order valence-electron chi connectivity index (χ1n) is 8.14. The molecule has 0 aliphatic heterocycles. The highest BCUT2D eigenvalue weighted by molar-refractivity contribution is 7.79. The topological polar surface area (TPSA) is 34.9 Å². The minimum absolute atomic E-state index is 0.0111. The summed E-state index contributed by atoms with van der Waals surface area (Å²) in [6.07, 6.45) is 0. The smallest absolute Gasteiger partial charge is 0.229 e. The maximum Gasteiger partial charge on any atom is 0.229 e. The van der Waals surface area contributed by atoms with Crippen LogP contribution in [0.25, 0.3) is 11.0 Å². The van der Waals surface area contributed by atoms with Crippen LogP contribution in [0.1, 0.15) is 11.7 Å². The van der Waals surface area contributed by atoms with Crippen LogP contribution in [0.3, 0.4) is 0 Å². The van der Waals surface area contributed by atoms with Crippen LogP contribution in [0.15, 0.2) is 84.9 Å². The molecule has 4 heteroatoms. The number of nitrogens with zero attached hydrogens (tertiary/aromatic N) is 2. The first-order valence-corrected chi connectivity index (χ1v) is 9.48. The molecule has 3 aromatic carbocycles. The molecule has 0 saturated heterocycles. The van der Waals surface area contributed by atoms with Gasteiger partial charge in [-0.1, -0.05) is 72.8 Å². The number of hydrogen-bond acceptors (Lipinski definition) is 2. The fraction of sp³-hybridized carbons (Fsp3) is 0.0476. The molecule has 1 heterocycles. The number of hydrogen-bond donors (Lipinski definition) is 0. The molecule has 4 aromatic rings. The van der Waals surface area contributed by atoms with E-state index < -0.39 is 7.92 Å². The predicted molar refractivity (Wildman–Crippen MR) is 105 cm³/mol. The van der Waals surface area contributed by atoms with Crippen LogP contribution >= 0.6 is 7.92 Å². The summed E-state index contributed by atoms with van der Waals surface area (Å²) in [5, 5.41) is 2.36. The number of rotatable bonds is 3. The molecule has 0 aliphatic carbocycles. The molecule has 0 aliphatic rings. The van der Waals surface area contributed by atoms with Gasteiger partial charge >= 0.3 is 0 Å². The van der Waals surface area contributed by atoms with E-state index in [1.807, 2.05) is 60.7 Å². The van der Waals surface area contributed by atoms with E-state index in [1.54, 1.807) is 11.5 Å². The van der Waals surface area contributed by atoms with E-state index in [0.717, 1.165) is 16.6 Å². The van der Waals surface area contributed by atoms with Gasteiger partial charge in [-0.3, -0.25) is 9.36 Å². The number of carbonyl (C=O) groups excluding carboxylic acids is 1. The summed E-state index contributed by atoms with van der Waals surface area (Å²) in [7, 11) is -0.915. The van der Waals surface area contributed by atoms with Crippen LogP contribution in [-0.2, 0) is 0 Å². The monoisotopic (exact) mass is 344 g/mol. The van der Waals surface area contributed by atoms with Gasteiger partial charge in [0.2, 0.25) is 5.91 Å². The van der Waals surface area contributed by atoms with Gasteiger partial charge < -0.3 is 0 Å². The van der Waals surface area contributed by atoms with Crippen LogP contribution in [0.5, 0.6) is 0 Å². The molecule has 122 valence electrons. The molecule has 0 radical (unpaired) electrons. The minimum atomic E-state index is -0.915. The van der Waals surface area contributed by atoms with Gasteiger partial charge in [0.05, 0.1) is 11.0 Å². The van der Waals surface area contributed by atoms with E-state index in [0.29, 0.717) is 0 Å². The number of carbonyl (C=O) groups is 1.